The molecule has 0 fully saturated rings. The zero-order valence-corrected chi connectivity index (χ0v) is 15.3. The average molecular weight is 390 g/mol. The maximum atomic E-state index is 11.2. The summed E-state index contributed by atoms with van der Waals surface area (Å²) in [6.45, 7) is 0.641. The Hall–Kier alpha value is -3.10. The molecule has 150 valence electrons. The first kappa shape index (κ1) is 21.2. The van der Waals surface area contributed by atoms with Crippen molar-refractivity contribution in [3.05, 3.63) is 59.2 Å². The molecular formula is C20H22O8. The molecule has 28 heavy (non-hydrogen) atoms. The average Bonchev–Trinajstić information content (AvgIpc) is 2.69. The highest BCUT2D eigenvalue weighted by atomic mass is 16.5. The van der Waals surface area contributed by atoms with Gasteiger partial charge < -0.3 is 29.5 Å². The van der Waals surface area contributed by atoms with Crippen molar-refractivity contribution >= 4 is 11.9 Å². The van der Waals surface area contributed by atoms with Crippen LogP contribution < -0.4 is 9.47 Å². The topological polar surface area (TPSA) is 123 Å². The summed E-state index contributed by atoms with van der Waals surface area (Å²) in [5.74, 6) is -1.77. The summed E-state index contributed by atoms with van der Waals surface area (Å²) in [4.78, 5) is 22.2. The van der Waals surface area contributed by atoms with E-state index in [1.165, 1.54) is 6.07 Å². The SMILES string of the molecule is COc1ccc(COCCC(O)COc2ccc(C(=O)O)c(C(=O)O)c2)cc1. The van der Waals surface area contributed by atoms with Crippen LogP contribution in [0.1, 0.15) is 32.7 Å². The molecule has 3 N–H and O–H groups in total. The van der Waals surface area contributed by atoms with E-state index in [0.29, 0.717) is 19.6 Å². The lowest BCUT2D eigenvalue weighted by molar-refractivity contribution is 0.0496. The fraction of sp³-hybridized carbons (Fsp3) is 0.300. The van der Waals surface area contributed by atoms with Crippen LogP contribution in [0.3, 0.4) is 0 Å². The van der Waals surface area contributed by atoms with E-state index in [-0.39, 0.29) is 23.5 Å². The third kappa shape index (κ3) is 6.26. The van der Waals surface area contributed by atoms with E-state index in [0.717, 1.165) is 23.4 Å². The van der Waals surface area contributed by atoms with E-state index >= 15 is 0 Å². The molecule has 0 aliphatic rings. The number of benzene rings is 2. The molecule has 0 heterocycles. The van der Waals surface area contributed by atoms with Crippen LogP contribution >= 0.6 is 0 Å². The summed E-state index contributed by atoms with van der Waals surface area (Å²) in [7, 11) is 1.60. The minimum Gasteiger partial charge on any atom is -0.497 e. The van der Waals surface area contributed by atoms with Crippen LogP contribution in [0, 0.1) is 0 Å². The van der Waals surface area contributed by atoms with Gasteiger partial charge in [-0.2, -0.15) is 0 Å². The molecule has 2 aromatic rings. The molecule has 0 aliphatic heterocycles. The quantitative estimate of drug-likeness (QED) is 0.500. The Morgan fingerprint density at radius 2 is 1.61 bits per heavy atom. The normalized spacial score (nSPS) is 11.6. The molecule has 0 aliphatic carbocycles. The lowest BCUT2D eigenvalue weighted by Gasteiger charge is -2.13. The van der Waals surface area contributed by atoms with Crippen LogP contribution in [0.4, 0.5) is 0 Å². The maximum absolute atomic E-state index is 11.2. The van der Waals surface area contributed by atoms with Gasteiger partial charge in [-0.3, -0.25) is 0 Å². The van der Waals surface area contributed by atoms with Crippen molar-refractivity contribution in [2.45, 2.75) is 19.1 Å². The van der Waals surface area contributed by atoms with Gasteiger partial charge >= 0.3 is 11.9 Å². The van der Waals surface area contributed by atoms with Gasteiger partial charge in [-0.15, -0.1) is 0 Å². The van der Waals surface area contributed by atoms with Crippen molar-refractivity contribution in [2.24, 2.45) is 0 Å². The van der Waals surface area contributed by atoms with Crippen molar-refractivity contribution in [3.8, 4) is 11.5 Å². The van der Waals surface area contributed by atoms with E-state index in [9.17, 15) is 14.7 Å². The Balaban J connectivity index is 1.76. The lowest BCUT2D eigenvalue weighted by Crippen LogP contribution is -2.20. The van der Waals surface area contributed by atoms with Crippen LogP contribution in [0.2, 0.25) is 0 Å². The molecule has 2 aromatic carbocycles. The standard InChI is InChI=1S/C20H22O8/c1-26-15-4-2-13(3-5-15)11-27-9-8-14(21)12-28-16-6-7-17(19(22)23)18(10-16)20(24)25/h2-7,10,14,21H,8-9,11-12H2,1H3,(H,22,23)(H,24,25). The first-order chi connectivity index (χ1) is 13.4. The number of aliphatic hydroxyl groups excluding tert-OH is 1. The van der Waals surface area contributed by atoms with Gasteiger partial charge in [0.05, 0.1) is 30.9 Å². The molecular weight excluding hydrogens is 368 g/mol. The highest BCUT2D eigenvalue weighted by Gasteiger charge is 2.17. The third-order valence-corrected chi connectivity index (χ3v) is 3.92. The van der Waals surface area contributed by atoms with E-state index in [2.05, 4.69) is 0 Å². The predicted octanol–water partition coefficient (Wildman–Crippen LogP) is 2.44. The number of carbonyl (C=O) groups is 2. The van der Waals surface area contributed by atoms with Crippen molar-refractivity contribution in [1.82, 2.24) is 0 Å². The number of methoxy groups -OCH3 is 1. The second-order valence-corrected chi connectivity index (χ2v) is 5.97. The van der Waals surface area contributed by atoms with Gasteiger partial charge in [0.15, 0.2) is 0 Å². The minimum atomic E-state index is -1.37. The number of hydrogen-bond acceptors (Lipinski definition) is 6. The number of aromatic carboxylic acids is 2. The molecule has 1 atom stereocenters. The molecule has 0 amide bonds. The zero-order chi connectivity index (χ0) is 20.5. The van der Waals surface area contributed by atoms with Crippen molar-refractivity contribution in [2.75, 3.05) is 20.3 Å². The molecule has 0 spiro atoms. The highest BCUT2D eigenvalue weighted by Crippen LogP contribution is 2.19. The van der Waals surface area contributed by atoms with Crippen molar-refractivity contribution in [3.63, 3.8) is 0 Å². The largest absolute Gasteiger partial charge is 0.497 e. The van der Waals surface area contributed by atoms with Crippen LogP contribution in [0.25, 0.3) is 0 Å². The number of carboxylic acid groups (broad SMARTS) is 2. The second-order valence-electron chi connectivity index (χ2n) is 5.97. The Morgan fingerprint density at radius 3 is 2.21 bits per heavy atom. The van der Waals surface area contributed by atoms with Gasteiger partial charge in [0, 0.05) is 13.0 Å². The molecule has 0 saturated heterocycles. The van der Waals surface area contributed by atoms with Gasteiger partial charge in [-0.05, 0) is 35.9 Å². The first-order valence-electron chi connectivity index (χ1n) is 8.53. The van der Waals surface area contributed by atoms with E-state index < -0.39 is 18.0 Å². The Labute approximate surface area is 161 Å². The number of hydrogen-bond donors (Lipinski definition) is 3. The van der Waals surface area contributed by atoms with E-state index in [1.807, 2.05) is 24.3 Å². The van der Waals surface area contributed by atoms with Crippen LogP contribution in [0.15, 0.2) is 42.5 Å². The Kier molecular flexibility index (Phi) is 7.79. The molecule has 0 saturated carbocycles. The Bertz CT molecular complexity index is 800. The van der Waals surface area contributed by atoms with Crippen molar-refractivity contribution in [1.29, 1.82) is 0 Å². The summed E-state index contributed by atoms with van der Waals surface area (Å²) in [5.41, 5.74) is 0.279. The zero-order valence-electron chi connectivity index (χ0n) is 15.3. The molecule has 1 unspecified atom stereocenters. The van der Waals surface area contributed by atoms with Gasteiger partial charge in [0.2, 0.25) is 0 Å². The number of ether oxygens (including phenoxy) is 3. The fourth-order valence-corrected chi connectivity index (χ4v) is 2.38. The lowest BCUT2D eigenvalue weighted by atomic mass is 10.1. The number of rotatable bonds is 11. The molecule has 0 aromatic heterocycles. The minimum absolute atomic E-state index is 0.0721. The summed E-state index contributed by atoms with van der Waals surface area (Å²) < 4.78 is 15.9. The molecule has 0 bridgehead atoms. The number of carboxylic acids is 2. The molecule has 2 rings (SSSR count). The summed E-state index contributed by atoms with van der Waals surface area (Å²) in [6, 6.07) is 11.1. The molecule has 8 nitrogen and oxygen atoms in total. The van der Waals surface area contributed by atoms with Crippen LogP contribution in [0.5, 0.6) is 11.5 Å². The first-order valence-corrected chi connectivity index (χ1v) is 8.53. The smallest absolute Gasteiger partial charge is 0.336 e. The van der Waals surface area contributed by atoms with Crippen molar-refractivity contribution < 1.29 is 39.1 Å². The third-order valence-electron chi connectivity index (χ3n) is 3.92. The summed E-state index contributed by atoms with van der Waals surface area (Å²) in [6.07, 6.45) is -0.488. The maximum Gasteiger partial charge on any atom is 0.336 e. The highest BCUT2D eigenvalue weighted by molar-refractivity contribution is 6.01. The van der Waals surface area contributed by atoms with Crippen LogP contribution in [-0.4, -0.2) is 53.7 Å². The van der Waals surface area contributed by atoms with Gasteiger partial charge in [0.25, 0.3) is 0 Å². The Morgan fingerprint density at radius 1 is 0.964 bits per heavy atom. The second kappa shape index (κ2) is 10.3. The fourth-order valence-electron chi connectivity index (χ4n) is 2.38. The number of aliphatic hydroxyl groups is 1. The molecule has 8 heteroatoms. The van der Waals surface area contributed by atoms with Gasteiger partial charge in [-0.1, -0.05) is 12.1 Å². The summed E-state index contributed by atoms with van der Waals surface area (Å²) >= 11 is 0. The van der Waals surface area contributed by atoms with Crippen LogP contribution in [-0.2, 0) is 11.3 Å². The predicted molar refractivity (Wildman–Crippen MR) is 99.1 cm³/mol. The summed E-state index contributed by atoms with van der Waals surface area (Å²) in [5, 5.41) is 28.0. The monoisotopic (exact) mass is 390 g/mol. The van der Waals surface area contributed by atoms with E-state index in [4.69, 9.17) is 24.4 Å². The van der Waals surface area contributed by atoms with E-state index in [1.54, 1.807) is 7.11 Å². The molecule has 0 radical (unpaired) electrons. The van der Waals surface area contributed by atoms with Gasteiger partial charge in [-0.25, -0.2) is 9.59 Å². The van der Waals surface area contributed by atoms with Gasteiger partial charge in [0.1, 0.15) is 18.1 Å².